The van der Waals surface area contributed by atoms with Crippen LogP contribution in [-0.2, 0) is 6.54 Å². The van der Waals surface area contributed by atoms with Gasteiger partial charge in [0, 0.05) is 18.7 Å². The van der Waals surface area contributed by atoms with Gasteiger partial charge in [-0.1, -0.05) is 19.3 Å². The summed E-state index contributed by atoms with van der Waals surface area (Å²) >= 11 is 0. The Morgan fingerprint density at radius 3 is 2.65 bits per heavy atom. The first-order valence-corrected chi connectivity index (χ1v) is 8.21. The summed E-state index contributed by atoms with van der Waals surface area (Å²) in [5.41, 5.74) is -0.503. The third kappa shape index (κ3) is 5.46. The Bertz CT molecular complexity index is 543. The first-order valence-electron chi connectivity index (χ1n) is 8.21. The number of nitrogens with zero attached hydrogens (tertiary/aromatic N) is 1. The molecule has 0 radical (unpaired) electrons. The molecule has 0 aromatic heterocycles. The second kappa shape index (κ2) is 8.24. The van der Waals surface area contributed by atoms with Crippen molar-refractivity contribution < 1.29 is 13.9 Å². The molecular weight excluding hydrogens is 300 g/mol. The molecule has 23 heavy (non-hydrogen) atoms. The van der Waals surface area contributed by atoms with Gasteiger partial charge in [-0.15, -0.1) is 0 Å². The molecule has 1 saturated carbocycles. The van der Waals surface area contributed by atoms with E-state index in [2.05, 4.69) is 15.6 Å². The molecule has 2 rings (SSSR count). The van der Waals surface area contributed by atoms with Gasteiger partial charge >= 0.3 is 0 Å². The molecule has 1 aliphatic carbocycles. The van der Waals surface area contributed by atoms with E-state index in [1.54, 1.807) is 0 Å². The molecule has 3 N–H and O–H groups in total. The van der Waals surface area contributed by atoms with Crippen molar-refractivity contribution in [2.75, 3.05) is 13.1 Å². The van der Waals surface area contributed by atoms with Crippen molar-refractivity contribution in [1.82, 2.24) is 10.6 Å². The minimum Gasteiger partial charge on any atom is -0.388 e. The van der Waals surface area contributed by atoms with Crippen LogP contribution in [-0.4, -0.2) is 29.8 Å². The highest BCUT2D eigenvalue weighted by Gasteiger charge is 2.29. The highest BCUT2D eigenvalue weighted by molar-refractivity contribution is 5.79. The summed E-state index contributed by atoms with van der Waals surface area (Å²) in [6.07, 6.45) is 4.77. The van der Waals surface area contributed by atoms with Gasteiger partial charge in [0.05, 0.1) is 12.1 Å². The van der Waals surface area contributed by atoms with Crippen LogP contribution in [0.15, 0.2) is 23.2 Å². The molecule has 1 fully saturated rings. The highest BCUT2D eigenvalue weighted by atomic mass is 19.1. The molecule has 1 aliphatic rings. The fourth-order valence-electron chi connectivity index (χ4n) is 2.81. The molecule has 4 nitrogen and oxygen atoms in total. The van der Waals surface area contributed by atoms with Gasteiger partial charge < -0.3 is 15.7 Å². The Balaban J connectivity index is 1.98. The monoisotopic (exact) mass is 325 g/mol. The minimum absolute atomic E-state index is 0.0390. The number of benzene rings is 1. The van der Waals surface area contributed by atoms with E-state index in [0.717, 1.165) is 50.3 Å². The van der Waals surface area contributed by atoms with Crippen molar-refractivity contribution in [3.63, 3.8) is 0 Å². The standard InChI is InChI=1S/C17H25F2N3O/c1-2-20-16(22-12-17(23)8-4-3-5-9-17)21-11-13-10-14(18)6-7-15(13)19/h6-7,10,23H,2-5,8-9,11-12H2,1H3,(H2,20,21,22). The largest absolute Gasteiger partial charge is 0.388 e. The molecule has 0 heterocycles. The van der Waals surface area contributed by atoms with Crippen LogP contribution in [0.4, 0.5) is 8.78 Å². The van der Waals surface area contributed by atoms with Crippen molar-refractivity contribution >= 4 is 5.96 Å². The van der Waals surface area contributed by atoms with Crippen LogP contribution >= 0.6 is 0 Å². The van der Waals surface area contributed by atoms with Gasteiger partial charge in [0.15, 0.2) is 5.96 Å². The zero-order valence-corrected chi connectivity index (χ0v) is 13.5. The van der Waals surface area contributed by atoms with E-state index < -0.39 is 17.2 Å². The molecule has 0 atom stereocenters. The van der Waals surface area contributed by atoms with E-state index in [1.807, 2.05) is 6.92 Å². The predicted molar refractivity (Wildman–Crippen MR) is 87.2 cm³/mol. The molecule has 1 aromatic carbocycles. The Morgan fingerprint density at radius 2 is 1.96 bits per heavy atom. The van der Waals surface area contributed by atoms with Crippen molar-refractivity contribution in [3.8, 4) is 0 Å². The Labute approximate surface area is 136 Å². The van der Waals surface area contributed by atoms with Gasteiger partial charge in [0.1, 0.15) is 11.6 Å². The van der Waals surface area contributed by atoms with Gasteiger partial charge in [-0.3, -0.25) is 0 Å². The third-order valence-corrected chi connectivity index (χ3v) is 4.13. The zero-order valence-electron chi connectivity index (χ0n) is 13.5. The molecule has 1 aromatic rings. The maximum absolute atomic E-state index is 13.6. The summed E-state index contributed by atoms with van der Waals surface area (Å²) in [5.74, 6) is -0.460. The molecule has 0 amide bonds. The average Bonchev–Trinajstić information content (AvgIpc) is 2.54. The van der Waals surface area contributed by atoms with Gasteiger partial charge in [-0.2, -0.15) is 0 Å². The number of aliphatic imine (C=N–C) groups is 1. The number of guanidine groups is 1. The van der Waals surface area contributed by atoms with Gasteiger partial charge in [0.2, 0.25) is 0 Å². The van der Waals surface area contributed by atoms with Gasteiger partial charge in [-0.05, 0) is 38.0 Å². The van der Waals surface area contributed by atoms with E-state index in [4.69, 9.17) is 0 Å². The number of nitrogens with one attached hydrogen (secondary N) is 2. The Morgan fingerprint density at radius 1 is 1.22 bits per heavy atom. The van der Waals surface area contributed by atoms with Crippen LogP contribution in [0.2, 0.25) is 0 Å². The third-order valence-electron chi connectivity index (χ3n) is 4.13. The number of hydrogen-bond acceptors (Lipinski definition) is 2. The lowest BCUT2D eigenvalue weighted by Crippen LogP contribution is -2.48. The number of hydrogen-bond donors (Lipinski definition) is 3. The summed E-state index contributed by atoms with van der Waals surface area (Å²) in [6.45, 7) is 3.02. The van der Waals surface area contributed by atoms with Crippen molar-refractivity contribution in [3.05, 3.63) is 35.4 Å². The zero-order chi connectivity index (χ0) is 16.7. The molecule has 6 heteroatoms. The quantitative estimate of drug-likeness (QED) is 0.576. The minimum atomic E-state index is -0.710. The summed E-state index contributed by atoms with van der Waals surface area (Å²) in [5, 5.41) is 16.7. The molecule has 128 valence electrons. The van der Waals surface area contributed by atoms with Crippen molar-refractivity contribution in [1.29, 1.82) is 0 Å². The number of aliphatic hydroxyl groups is 1. The Hall–Kier alpha value is -1.69. The van der Waals surface area contributed by atoms with Crippen molar-refractivity contribution in [2.24, 2.45) is 4.99 Å². The average molecular weight is 325 g/mol. The molecule has 0 spiro atoms. The van der Waals surface area contributed by atoms with Crippen LogP contribution in [0.25, 0.3) is 0 Å². The summed E-state index contributed by atoms with van der Waals surface area (Å²) in [6, 6.07) is 3.34. The first-order chi connectivity index (χ1) is 11.0. The van der Waals surface area contributed by atoms with E-state index >= 15 is 0 Å². The number of rotatable bonds is 5. The van der Waals surface area contributed by atoms with E-state index in [9.17, 15) is 13.9 Å². The maximum atomic E-state index is 13.6. The lowest BCUT2D eigenvalue weighted by atomic mass is 9.85. The summed E-state index contributed by atoms with van der Waals surface area (Å²) < 4.78 is 26.8. The maximum Gasteiger partial charge on any atom is 0.191 e. The van der Waals surface area contributed by atoms with E-state index in [-0.39, 0.29) is 12.1 Å². The fraction of sp³-hybridized carbons (Fsp3) is 0.588. The lowest BCUT2D eigenvalue weighted by Gasteiger charge is -2.32. The second-order valence-corrected chi connectivity index (χ2v) is 6.07. The lowest BCUT2D eigenvalue weighted by molar-refractivity contribution is 0.00859. The fourth-order valence-corrected chi connectivity index (χ4v) is 2.81. The van der Waals surface area contributed by atoms with Crippen LogP contribution < -0.4 is 10.6 Å². The van der Waals surface area contributed by atoms with Crippen molar-refractivity contribution in [2.45, 2.75) is 51.2 Å². The highest BCUT2D eigenvalue weighted by Crippen LogP contribution is 2.27. The topological polar surface area (TPSA) is 56.7 Å². The van der Waals surface area contributed by atoms with Gasteiger partial charge in [0.25, 0.3) is 0 Å². The first kappa shape index (κ1) is 17.7. The predicted octanol–water partition coefficient (Wildman–Crippen LogP) is 2.72. The molecular formula is C17H25F2N3O. The molecule has 0 saturated heterocycles. The molecule has 0 unspecified atom stereocenters. The Kier molecular flexibility index (Phi) is 6.33. The molecule has 0 aliphatic heterocycles. The van der Waals surface area contributed by atoms with E-state index in [1.165, 1.54) is 0 Å². The SMILES string of the molecule is CCNC(=NCc1cc(F)ccc1F)NCC1(O)CCCCC1. The smallest absolute Gasteiger partial charge is 0.191 e. The normalized spacial score (nSPS) is 17.8. The number of halogens is 2. The van der Waals surface area contributed by atoms with E-state index in [0.29, 0.717) is 19.0 Å². The second-order valence-electron chi connectivity index (χ2n) is 6.07. The van der Waals surface area contributed by atoms with Crippen LogP contribution in [0.3, 0.4) is 0 Å². The molecule has 0 bridgehead atoms. The van der Waals surface area contributed by atoms with Gasteiger partial charge in [-0.25, -0.2) is 13.8 Å². The summed E-state index contributed by atoms with van der Waals surface area (Å²) in [4.78, 5) is 4.28. The summed E-state index contributed by atoms with van der Waals surface area (Å²) in [7, 11) is 0. The van der Waals surface area contributed by atoms with Crippen LogP contribution in [0.1, 0.15) is 44.6 Å². The van der Waals surface area contributed by atoms with Crippen LogP contribution in [0.5, 0.6) is 0 Å². The van der Waals surface area contributed by atoms with Crippen LogP contribution in [0, 0.1) is 11.6 Å².